The minimum Gasteiger partial charge on any atom is -0.369 e. The molecule has 0 bridgehead atoms. The number of nitrogens with zero attached hydrogens (tertiary/aromatic N) is 3. The van der Waals surface area contributed by atoms with E-state index in [0.717, 1.165) is 51.1 Å². The molecule has 26 heavy (non-hydrogen) atoms. The number of amides is 1. The molecule has 1 aromatic carbocycles. The van der Waals surface area contributed by atoms with E-state index in [-0.39, 0.29) is 36.8 Å². The number of hydrogen-bond acceptors (Lipinski definition) is 4. The summed E-state index contributed by atoms with van der Waals surface area (Å²) >= 11 is 0. The normalized spacial score (nSPS) is 20.7. The zero-order chi connectivity index (χ0) is 17.1. The summed E-state index contributed by atoms with van der Waals surface area (Å²) in [5, 5.41) is 0. The van der Waals surface area contributed by atoms with Gasteiger partial charge in [0.15, 0.2) is 0 Å². The van der Waals surface area contributed by atoms with Crippen LogP contribution in [-0.2, 0) is 0 Å². The maximum Gasteiger partial charge on any atom is 0.254 e. The van der Waals surface area contributed by atoms with Crippen LogP contribution in [0, 0.1) is 0 Å². The quantitative estimate of drug-likeness (QED) is 0.840. The van der Waals surface area contributed by atoms with E-state index in [9.17, 15) is 4.79 Å². The van der Waals surface area contributed by atoms with Crippen LogP contribution in [0.3, 0.4) is 0 Å². The van der Waals surface area contributed by atoms with Crippen molar-refractivity contribution in [2.45, 2.75) is 38.8 Å². The van der Waals surface area contributed by atoms with E-state index in [4.69, 9.17) is 5.73 Å². The van der Waals surface area contributed by atoms with Gasteiger partial charge in [-0.1, -0.05) is 0 Å². The molecule has 2 aliphatic heterocycles. The summed E-state index contributed by atoms with van der Waals surface area (Å²) in [5.41, 5.74) is 7.78. The summed E-state index contributed by atoms with van der Waals surface area (Å²) in [6.45, 7) is 10.2. The number of rotatable bonds is 4. The monoisotopic (exact) mass is 402 g/mol. The Balaban J connectivity index is 0.00000169. The first-order valence-electron chi connectivity index (χ1n) is 9.20. The van der Waals surface area contributed by atoms with Crippen molar-refractivity contribution >= 4 is 36.4 Å². The van der Waals surface area contributed by atoms with E-state index in [1.165, 1.54) is 5.69 Å². The lowest BCUT2D eigenvalue weighted by Crippen LogP contribution is -2.48. The van der Waals surface area contributed by atoms with Crippen molar-refractivity contribution in [3.63, 3.8) is 0 Å². The number of benzene rings is 1. The van der Waals surface area contributed by atoms with Crippen LogP contribution < -0.4 is 10.6 Å². The standard InChI is InChI=1S/C19H30N4O.2ClH/c1-15(2)21-10-12-22(13-11-21)17-7-5-16(6-8-17)19(24)23-9-3-4-18(23)14-20;;/h5-8,15,18H,3-4,9-14,20H2,1-2H3;2*1H. The van der Waals surface area contributed by atoms with E-state index >= 15 is 0 Å². The molecule has 0 aromatic heterocycles. The summed E-state index contributed by atoms with van der Waals surface area (Å²) in [5.74, 6) is 0.124. The van der Waals surface area contributed by atoms with E-state index in [1.807, 2.05) is 17.0 Å². The molecule has 3 rings (SSSR count). The van der Waals surface area contributed by atoms with Crippen LogP contribution in [-0.4, -0.2) is 67.1 Å². The lowest BCUT2D eigenvalue weighted by molar-refractivity contribution is 0.0741. The Hall–Kier alpha value is -1.01. The van der Waals surface area contributed by atoms with Gasteiger partial charge < -0.3 is 15.5 Å². The number of anilines is 1. The number of nitrogens with two attached hydrogens (primary N) is 1. The Labute approximate surface area is 169 Å². The van der Waals surface area contributed by atoms with Gasteiger partial charge in [-0.25, -0.2) is 0 Å². The summed E-state index contributed by atoms with van der Waals surface area (Å²) in [6, 6.07) is 8.94. The fourth-order valence-electron chi connectivity index (χ4n) is 3.83. The Morgan fingerprint density at radius 1 is 1.08 bits per heavy atom. The summed E-state index contributed by atoms with van der Waals surface area (Å²) < 4.78 is 0. The predicted molar refractivity (Wildman–Crippen MR) is 113 cm³/mol. The molecule has 5 nitrogen and oxygen atoms in total. The van der Waals surface area contributed by atoms with E-state index < -0.39 is 0 Å². The van der Waals surface area contributed by atoms with Crippen molar-refractivity contribution in [3.05, 3.63) is 29.8 Å². The average molecular weight is 403 g/mol. The molecule has 2 N–H and O–H groups in total. The fourth-order valence-corrected chi connectivity index (χ4v) is 3.83. The number of halogens is 2. The third-order valence-corrected chi connectivity index (χ3v) is 5.43. The van der Waals surface area contributed by atoms with Gasteiger partial charge in [0.1, 0.15) is 0 Å². The third kappa shape index (κ3) is 5.03. The average Bonchev–Trinajstić information content (AvgIpc) is 3.10. The number of piperazine rings is 1. The zero-order valence-corrected chi connectivity index (χ0v) is 17.4. The molecule has 2 fully saturated rings. The highest BCUT2D eigenvalue weighted by molar-refractivity contribution is 5.95. The SMILES string of the molecule is CC(C)N1CCN(c2ccc(C(=O)N3CCCC3CN)cc2)CC1.Cl.Cl. The first-order chi connectivity index (χ1) is 11.6. The van der Waals surface area contributed by atoms with Gasteiger partial charge in [-0.2, -0.15) is 0 Å². The molecule has 1 unspecified atom stereocenters. The first-order valence-corrected chi connectivity index (χ1v) is 9.20. The van der Waals surface area contributed by atoms with Crippen LogP contribution in [0.2, 0.25) is 0 Å². The van der Waals surface area contributed by atoms with Gasteiger partial charge in [-0.05, 0) is 51.0 Å². The number of carbonyl (C=O) groups is 1. The van der Waals surface area contributed by atoms with Gasteiger partial charge in [0.25, 0.3) is 5.91 Å². The van der Waals surface area contributed by atoms with Crippen molar-refractivity contribution in [1.29, 1.82) is 0 Å². The number of likely N-dealkylation sites (tertiary alicyclic amines) is 1. The van der Waals surface area contributed by atoms with Gasteiger partial charge in [-0.15, -0.1) is 24.8 Å². The highest BCUT2D eigenvalue weighted by Crippen LogP contribution is 2.22. The number of carbonyl (C=O) groups excluding carboxylic acids is 1. The van der Waals surface area contributed by atoms with Crippen molar-refractivity contribution in [2.75, 3.05) is 44.2 Å². The Kier molecular flexibility index (Phi) is 9.17. The van der Waals surface area contributed by atoms with Crippen molar-refractivity contribution in [2.24, 2.45) is 5.73 Å². The second kappa shape index (κ2) is 10.4. The van der Waals surface area contributed by atoms with Crippen LogP contribution >= 0.6 is 24.8 Å². The highest BCUT2D eigenvalue weighted by Gasteiger charge is 2.28. The Morgan fingerprint density at radius 3 is 2.23 bits per heavy atom. The molecule has 1 aromatic rings. The molecular formula is C19H32Cl2N4O. The summed E-state index contributed by atoms with van der Waals surface area (Å²) in [6.07, 6.45) is 2.09. The molecule has 0 spiro atoms. The lowest BCUT2D eigenvalue weighted by atomic mass is 10.1. The van der Waals surface area contributed by atoms with E-state index in [2.05, 4.69) is 35.8 Å². The van der Waals surface area contributed by atoms with Gasteiger partial charge in [0.2, 0.25) is 0 Å². The van der Waals surface area contributed by atoms with Crippen molar-refractivity contribution in [3.8, 4) is 0 Å². The predicted octanol–water partition coefficient (Wildman–Crippen LogP) is 2.62. The molecule has 0 aliphatic carbocycles. The van der Waals surface area contributed by atoms with Crippen LogP contribution in [0.25, 0.3) is 0 Å². The van der Waals surface area contributed by atoms with Crippen LogP contribution in [0.5, 0.6) is 0 Å². The van der Waals surface area contributed by atoms with Gasteiger partial charge in [0, 0.05) is 62.6 Å². The molecule has 1 atom stereocenters. The molecule has 2 saturated heterocycles. The largest absolute Gasteiger partial charge is 0.369 e. The maximum absolute atomic E-state index is 12.7. The first kappa shape index (κ1) is 23.0. The molecule has 7 heteroatoms. The second-order valence-electron chi connectivity index (χ2n) is 7.19. The van der Waals surface area contributed by atoms with Crippen LogP contribution in [0.1, 0.15) is 37.0 Å². The van der Waals surface area contributed by atoms with Gasteiger partial charge in [-0.3, -0.25) is 9.69 Å². The molecule has 0 radical (unpaired) electrons. The van der Waals surface area contributed by atoms with Crippen LogP contribution in [0.15, 0.2) is 24.3 Å². The molecular weight excluding hydrogens is 371 g/mol. The van der Waals surface area contributed by atoms with E-state index in [0.29, 0.717) is 12.6 Å². The Bertz CT molecular complexity index is 559. The molecule has 0 saturated carbocycles. The van der Waals surface area contributed by atoms with Gasteiger partial charge in [0.05, 0.1) is 0 Å². The minimum atomic E-state index is 0. The van der Waals surface area contributed by atoms with E-state index in [1.54, 1.807) is 0 Å². The minimum absolute atomic E-state index is 0. The molecule has 2 aliphatic rings. The summed E-state index contributed by atoms with van der Waals surface area (Å²) in [4.78, 5) is 19.5. The van der Waals surface area contributed by atoms with Crippen molar-refractivity contribution in [1.82, 2.24) is 9.80 Å². The molecule has 148 valence electrons. The molecule has 2 heterocycles. The topological polar surface area (TPSA) is 52.8 Å². The van der Waals surface area contributed by atoms with Gasteiger partial charge >= 0.3 is 0 Å². The van der Waals surface area contributed by atoms with Crippen molar-refractivity contribution < 1.29 is 4.79 Å². The third-order valence-electron chi connectivity index (χ3n) is 5.43. The lowest BCUT2D eigenvalue weighted by Gasteiger charge is -2.38. The second-order valence-corrected chi connectivity index (χ2v) is 7.19. The zero-order valence-electron chi connectivity index (χ0n) is 15.8. The number of hydrogen-bond donors (Lipinski definition) is 1. The molecule has 1 amide bonds. The fraction of sp³-hybridized carbons (Fsp3) is 0.632. The summed E-state index contributed by atoms with van der Waals surface area (Å²) in [7, 11) is 0. The highest BCUT2D eigenvalue weighted by atomic mass is 35.5. The smallest absolute Gasteiger partial charge is 0.254 e. The van der Waals surface area contributed by atoms with Crippen LogP contribution in [0.4, 0.5) is 5.69 Å². The Morgan fingerprint density at radius 2 is 1.69 bits per heavy atom. The maximum atomic E-state index is 12.7.